The molecule has 2 rings (SSSR count). The molecule has 4 heteroatoms. The number of hydrogen-bond acceptors (Lipinski definition) is 3. The summed E-state index contributed by atoms with van der Waals surface area (Å²) in [5, 5.41) is 4.64. The molecule has 0 amide bonds. The van der Waals surface area contributed by atoms with Gasteiger partial charge >= 0.3 is 0 Å². The van der Waals surface area contributed by atoms with Gasteiger partial charge in [0.05, 0.1) is 5.69 Å². The molecule has 1 aliphatic rings. The molecule has 0 saturated carbocycles. The molecule has 0 radical (unpaired) electrons. The third kappa shape index (κ3) is 4.82. The summed E-state index contributed by atoms with van der Waals surface area (Å²) in [6.45, 7) is 10.9. The van der Waals surface area contributed by atoms with Crippen molar-refractivity contribution >= 4 is 0 Å². The maximum atomic E-state index is 5.26. The van der Waals surface area contributed by atoms with Gasteiger partial charge in [-0.1, -0.05) is 6.42 Å². The fourth-order valence-corrected chi connectivity index (χ4v) is 3.16. The molecule has 1 aromatic heterocycles. The number of aryl methyl sites for hydroxylation is 1. The van der Waals surface area contributed by atoms with E-state index in [0.717, 1.165) is 19.1 Å². The number of hydrogen-bond donors (Lipinski definition) is 0. The minimum absolute atomic E-state index is 0.441. The van der Waals surface area contributed by atoms with Crippen molar-refractivity contribution in [3.05, 3.63) is 17.5 Å². The second-order valence-corrected chi connectivity index (χ2v) is 6.69. The monoisotopic (exact) mass is 293 g/mol. The zero-order valence-corrected chi connectivity index (χ0v) is 14.1. The quantitative estimate of drug-likeness (QED) is 0.805. The molecule has 1 saturated heterocycles. The first-order valence-electron chi connectivity index (χ1n) is 8.36. The van der Waals surface area contributed by atoms with Crippen LogP contribution in [0.3, 0.4) is 0 Å². The van der Waals surface area contributed by atoms with Gasteiger partial charge in [0.2, 0.25) is 0 Å². The highest BCUT2D eigenvalue weighted by atomic mass is 16.5. The number of nitrogens with zero attached hydrogens (tertiary/aromatic N) is 3. The Morgan fingerprint density at radius 1 is 1.38 bits per heavy atom. The Kier molecular flexibility index (Phi) is 6.24. The molecule has 1 aliphatic heterocycles. The molecule has 2 heterocycles. The molecule has 1 fully saturated rings. The Labute approximate surface area is 129 Å². The van der Waals surface area contributed by atoms with Crippen molar-refractivity contribution in [2.45, 2.75) is 59.0 Å². The first kappa shape index (κ1) is 16.5. The van der Waals surface area contributed by atoms with E-state index in [2.05, 4.69) is 41.6 Å². The molecule has 0 N–H and O–H groups in total. The summed E-state index contributed by atoms with van der Waals surface area (Å²) in [6.07, 6.45) is 7.45. The first-order chi connectivity index (χ1) is 10.1. The maximum Gasteiger partial charge on any atom is 0.0638 e. The molecule has 21 heavy (non-hydrogen) atoms. The van der Waals surface area contributed by atoms with E-state index >= 15 is 0 Å². The predicted molar refractivity (Wildman–Crippen MR) is 86.5 cm³/mol. The van der Waals surface area contributed by atoms with E-state index in [1.165, 1.54) is 50.0 Å². The van der Waals surface area contributed by atoms with Gasteiger partial charge < -0.3 is 4.74 Å². The number of aromatic nitrogens is 2. The van der Waals surface area contributed by atoms with Gasteiger partial charge in [0.25, 0.3) is 0 Å². The van der Waals surface area contributed by atoms with E-state index in [0.29, 0.717) is 6.04 Å². The summed E-state index contributed by atoms with van der Waals surface area (Å²) in [4.78, 5) is 2.61. The molecular formula is C17H31N3O. The third-order valence-electron chi connectivity index (χ3n) is 4.52. The normalized spacial score (nSPS) is 20.9. The lowest BCUT2D eigenvalue weighted by atomic mass is 10.00. The molecule has 1 unspecified atom stereocenters. The molecule has 0 aromatic carbocycles. The van der Waals surface area contributed by atoms with Gasteiger partial charge in [0, 0.05) is 44.6 Å². The van der Waals surface area contributed by atoms with E-state index in [9.17, 15) is 0 Å². The van der Waals surface area contributed by atoms with Gasteiger partial charge in [0.15, 0.2) is 0 Å². The standard InChI is InChI=1S/C17H31N3O/c1-14(2)20-13-17(15(3)18-20)12-19-9-6-5-7-16(11-19)8-10-21-4/h13-14,16H,5-12H2,1-4H3. The van der Waals surface area contributed by atoms with Crippen LogP contribution < -0.4 is 0 Å². The molecule has 120 valence electrons. The molecule has 0 aliphatic carbocycles. The van der Waals surface area contributed by atoms with E-state index in [-0.39, 0.29) is 0 Å². The molecular weight excluding hydrogens is 262 g/mol. The molecule has 0 bridgehead atoms. The first-order valence-corrected chi connectivity index (χ1v) is 8.36. The van der Waals surface area contributed by atoms with Crippen LogP contribution >= 0.6 is 0 Å². The topological polar surface area (TPSA) is 30.3 Å². The van der Waals surface area contributed by atoms with Gasteiger partial charge in [-0.15, -0.1) is 0 Å². The summed E-state index contributed by atoms with van der Waals surface area (Å²) >= 11 is 0. The summed E-state index contributed by atoms with van der Waals surface area (Å²) in [5.74, 6) is 0.785. The maximum absolute atomic E-state index is 5.26. The van der Waals surface area contributed by atoms with Crippen molar-refractivity contribution in [1.82, 2.24) is 14.7 Å². The number of likely N-dealkylation sites (tertiary alicyclic amines) is 1. The highest BCUT2D eigenvalue weighted by Gasteiger charge is 2.19. The second kappa shape index (κ2) is 7.95. The highest BCUT2D eigenvalue weighted by molar-refractivity contribution is 5.15. The van der Waals surface area contributed by atoms with Crippen molar-refractivity contribution in [2.75, 3.05) is 26.8 Å². The van der Waals surface area contributed by atoms with Crippen LogP contribution in [0.15, 0.2) is 6.20 Å². The van der Waals surface area contributed by atoms with Crippen LogP contribution in [0.2, 0.25) is 0 Å². The lowest BCUT2D eigenvalue weighted by Crippen LogP contribution is -2.28. The summed E-state index contributed by atoms with van der Waals surface area (Å²) in [6, 6.07) is 0.441. The van der Waals surface area contributed by atoms with E-state index in [4.69, 9.17) is 4.74 Å². The molecule has 1 atom stereocenters. The van der Waals surface area contributed by atoms with E-state index < -0.39 is 0 Å². The van der Waals surface area contributed by atoms with Crippen LogP contribution in [0.25, 0.3) is 0 Å². The van der Waals surface area contributed by atoms with Crippen molar-refractivity contribution < 1.29 is 4.74 Å². The third-order valence-corrected chi connectivity index (χ3v) is 4.52. The van der Waals surface area contributed by atoms with E-state index in [1.807, 2.05) is 0 Å². The average molecular weight is 293 g/mol. The van der Waals surface area contributed by atoms with Gasteiger partial charge in [-0.2, -0.15) is 5.10 Å². The largest absolute Gasteiger partial charge is 0.385 e. The van der Waals surface area contributed by atoms with Crippen LogP contribution in [-0.2, 0) is 11.3 Å². The van der Waals surface area contributed by atoms with Crippen LogP contribution in [0, 0.1) is 12.8 Å². The van der Waals surface area contributed by atoms with Gasteiger partial charge in [-0.3, -0.25) is 9.58 Å². The SMILES string of the molecule is COCCC1CCCCN(Cc2cn(C(C)C)nc2C)C1. The van der Waals surface area contributed by atoms with Gasteiger partial charge in [-0.05, 0) is 52.5 Å². The summed E-state index contributed by atoms with van der Waals surface area (Å²) in [7, 11) is 1.80. The second-order valence-electron chi connectivity index (χ2n) is 6.69. The van der Waals surface area contributed by atoms with Gasteiger partial charge in [-0.25, -0.2) is 0 Å². The Morgan fingerprint density at radius 2 is 2.19 bits per heavy atom. The van der Waals surface area contributed by atoms with Crippen LogP contribution in [-0.4, -0.2) is 41.5 Å². The Balaban J connectivity index is 1.96. The fraction of sp³-hybridized carbons (Fsp3) is 0.824. The predicted octanol–water partition coefficient (Wildman–Crippen LogP) is 3.41. The van der Waals surface area contributed by atoms with E-state index in [1.54, 1.807) is 7.11 Å². The summed E-state index contributed by atoms with van der Waals surface area (Å²) < 4.78 is 7.34. The summed E-state index contributed by atoms with van der Waals surface area (Å²) in [5.41, 5.74) is 2.57. The number of methoxy groups -OCH3 is 1. The Hall–Kier alpha value is -0.870. The minimum atomic E-state index is 0.441. The lowest BCUT2D eigenvalue weighted by molar-refractivity contribution is 0.158. The Morgan fingerprint density at radius 3 is 2.86 bits per heavy atom. The van der Waals surface area contributed by atoms with Crippen molar-refractivity contribution in [1.29, 1.82) is 0 Å². The van der Waals surface area contributed by atoms with Gasteiger partial charge in [0.1, 0.15) is 0 Å². The highest BCUT2D eigenvalue weighted by Crippen LogP contribution is 2.22. The molecule has 4 nitrogen and oxygen atoms in total. The van der Waals surface area contributed by atoms with Crippen LogP contribution in [0.1, 0.15) is 56.8 Å². The zero-order valence-electron chi connectivity index (χ0n) is 14.1. The average Bonchev–Trinajstić information content (AvgIpc) is 2.68. The van der Waals surface area contributed by atoms with Crippen molar-refractivity contribution in [2.24, 2.45) is 5.92 Å². The smallest absolute Gasteiger partial charge is 0.0638 e. The number of ether oxygens (including phenoxy) is 1. The van der Waals surface area contributed by atoms with Crippen LogP contribution in [0.4, 0.5) is 0 Å². The van der Waals surface area contributed by atoms with Crippen LogP contribution in [0.5, 0.6) is 0 Å². The Bertz CT molecular complexity index is 428. The molecule has 1 aromatic rings. The van der Waals surface area contributed by atoms with Crippen molar-refractivity contribution in [3.63, 3.8) is 0 Å². The van der Waals surface area contributed by atoms with Crippen molar-refractivity contribution in [3.8, 4) is 0 Å². The molecule has 0 spiro atoms. The number of rotatable bonds is 6. The fourth-order valence-electron chi connectivity index (χ4n) is 3.16. The minimum Gasteiger partial charge on any atom is -0.385 e. The lowest BCUT2D eigenvalue weighted by Gasteiger charge is -2.24. The zero-order chi connectivity index (χ0) is 15.2.